The van der Waals surface area contributed by atoms with Gasteiger partial charge in [-0.15, -0.1) is 0 Å². The quantitative estimate of drug-likeness (QED) is 0.603. The van der Waals surface area contributed by atoms with Crippen molar-refractivity contribution in [3.05, 3.63) is 0 Å². The zero-order chi connectivity index (χ0) is 11.7. The van der Waals surface area contributed by atoms with Crippen molar-refractivity contribution in [2.75, 3.05) is 20.8 Å². The van der Waals surface area contributed by atoms with Crippen LogP contribution in [0.3, 0.4) is 0 Å². The summed E-state index contributed by atoms with van der Waals surface area (Å²) in [5.41, 5.74) is 0. The molecule has 0 heterocycles. The van der Waals surface area contributed by atoms with Gasteiger partial charge < -0.3 is 14.6 Å². The first-order chi connectivity index (χ1) is 7.15. The molecular formula is C12H26O3. The van der Waals surface area contributed by atoms with E-state index in [2.05, 4.69) is 6.92 Å². The highest BCUT2D eigenvalue weighted by atomic mass is 16.5. The predicted molar refractivity (Wildman–Crippen MR) is 62.0 cm³/mol. The summed E-state index contributed by atoms with van der Waals surface area (Å²) in [7, 11) is 3.40. The molecule has 0 aromatic carbocycles. The van der Waals surface area contributed by atoms with Crippen LogP contribution in [-0.2, 0) is 9.47 Å². The van der Waals surface area contributed by atoms with Crippen LogP contribution in [0.25, 0.3) is 0 Å². The van der Waals surface area contributed by atoms with E-state index in [9.17, 15) is 5.11 Å². The van der Waals surface area contributed by atoms with Crippen molar-refractivity contribution in [3.63, 3.8) is 0 Å². The Balaban J connectivity index is 3.74. The van der Waals surface area contributed by atoms with Gasteiger partial charge in [0.25, 0.3) is 0 Å². The van der Waals surface area contributed by atoms with Gasteiger partial charge in [-0.25, -0.2) is 0 Å². The van der Waals surface area contributed by atoms with E-state index in [4.69, 9.17) is 9.47 Å². The molecule has 0 bridgehead atoms. The van der Waals surface area contributed by atoms with Gasteiger partial charge in [0.15, 0.2) is 0 Å². The average Bonchev–Trinajstić information content (AvgIpc) is 2.25. The molecule has 0 aliphatic heterocycles. The summed E-state index contributed by atoms with van der Waals surface area (Å²) in [4.78, 5) is 0. The first kappa shape index (κ1) is 14.9. The maximum Gasteiger partial charge on any atom is 0.0832 e. The van der Waals surface area contributed by atoms with Crippen LogP contribution < -0.4 is 0 Å². The maximum absolute atomic E-state index is 9.69. The van der Waals surface area contributed by atoms with E-state index < -0.39 is 0 Å². The molecule has 0 rings (SSSR count). The molecule has 0 saturated heterocycles. The molecule has 92 valence electrons. The molecule has 0 aromatic heterocycles. The van der Waals surface area contributed by atoms with Gasteiger partial charge >= 0.3 is 0 Å². The highest BCUT2D eigenvalue weighted by molar-refractivity contribution is 4.70. The van der Waals surface area contributed by atoms with Crippen molar-refractivity contribution in [2.24, 2.45) is 5.92 Å². The minimum absolute atomic E-state index is 0.0208. The Kier molecular flexibility index (Phi) is 9.06. The van der Waals surface area contributed by atoms with Crippen LogP contribution in [0.2, 0.25) is 0 Å². The molecule has 0 radical (unpaired) electrons. The zero-order valence-corrected chi connectivity index (χ0v) is 10.5. The third kappa shape index (κ3) is 6.88. The molecule has 15 heavy (non-hydrogen) atoms. The summed E-state index contributed by atoms with van der Waals surface area (Å²) in [6, 6.07) is 0. The Bertz CT molecular complexity index is 139. The summed E-state index contributed by atoms with van der Waals surface area (Å²) in [5.74, 6) is 0.575. The second kappa shape index (κ2) is 9.13. The summed E-state index contributed by atoms with van der Waals surface area (Å²) in [6.07, 6.45) is 3.53. The second-order valence-corrected chi connectivity index (χ2v) is 4.23. The number of hydrogen-bond donors (Lipinski definition) is 1. The lowest BCUT2D eigenvalue weighted by Gasteiger charge is -2.23. The van der Waals surface area contributed by atoms with E-state index in [1.54, 1.807) is 14.2 Å². The maximum atomic E-state index is 9.69. The van der Waals surface area contributed by atoms with Gasteiger partial charge in [0.2, 0.25) is 0 Å². The minimum Gasteiger partial charge on any atom is -0.390 e. The lowest BCUT2D eigenvalue weighted by Crippen LogP contribution is -2.29. The van der Waals surface area contributed by atoms with E-state index in [-0.39, 0.29) is 12.2 Å². The molecular weight excluding hydrogens is 192 g/mol. The molecule has 3 unspecified atom stereocenters. The smallest absolute Gasteiger partial charge is 0.0832 e. The molecule has 0 amide bonds. The summed E-state index contributed by atoms with van der Waals surface area (Å²) in [5, 5.41) is 9.69. The molecule has 0 saturated carbocycles. The van der Waals surface area contributed by atoms with Gasteiger partial charge in [0.1, 0.15) is 0 Å². The molecule has 3 heteroatoms. The van der Waals surface area contributed by atoms with E-state index in [1.807, 2.05) is 6.92 Å². The van der Waals surface area contributed by atoms with Crippen molar-refractivity contribution < 1.29 is 14.6 Å². The molecule has 0 aliphatic carbocycles. The molecule has 1 N–H and O–H groups in total. The molecule has 3 nitrogen and oxygen atoms in total. The Morgan fingerprint density at radius 3 is 2.40 bits per heavy atom. The Morgan fingerprint density at radius 1 is 1.27 bits per heavy atom. The van der Waals surface area contributed by atoms with Crippen LogP contribution in [0.4, 0.5) is 0 Å². The normalized spacial score (nSPS) is 17.4. The standard InChI is InChI=1S/C12H26O3/c1-5-11(13)12(15-4)9-10(2)7-6-8-14-3/h10-13H,5-9H2,1-4H3. The van der Waals surface area contributed by atoms with Gasteiger partial charge in [-0.2, -0.15) is 0 Å². The fourth-order valence-electron chi connectivity index (χ4n) is 1.76. The molecule has 0 aliphatic rings. The van der Waals surface area contributed by atoms with Gasteiger partial charge in [0, 0.05) is 20.8 Å². The third-order valence-electron chi connectivity index (χ3n) is 2.83. The number of rotatable bonds is 9. The summed E-state index contributed by atoms with van der Waals surface area (Å²) in [6.45, 7) is 4.99. The van der Waals surface area contributed by atoms with Crippen LogP contribution in [0, 0.1) is 5.92 Å². The van der Waals surface area contributed by atoms with Crippen molar-refractivity contribution in [3.8, 4) is 0 Å². The fourth-order valence-corrected chi connectivity index (χ4v) is 1.76. The SMILES string of the molecule is CCC(O)C(CC(C)CCCOC)OC. The fraction of sp³-hybridized carbons (Fsp3) is 1.00. The number of methoxy groups -OCH3 is 2. The number of ether oxygens (including phenoxy) is 2. The molecule has 0 spiro atoms. The number of aliphatic hydroxyl groups excluding tert-OH is 1. The molecule has 0 aromatic rings. The summed E-state index contributed by atoms with van der Waals surface area (Å²) < 4.78 is 10.3. The first-order valence-electron chi connectivity index (χ1n) is 5.85. The Labute approximate surface area is 93.8 Å². The first-order valence-corrected chi connectivity index (χ1v) is 5.85. The predicted octanol–water partition coefficient (Wildman–Crippen LogP) is 2.23. The van der Waals surface area contributed by atoms with Crippen molar-refractivity contribution in [2.45, 2.75) is 51.7 Å². The van der Waals surface area contributed by atoms with Crippen molar-refractivity contribution in [1.29, 1.82) is 0 Å². The minimum atomic E-state index is -0.333. The Morgan fingerprint density at radius 2 is 1.93 bits per heavy atom. The van der Waals surface area contributed by atoms with Crippen LogP contribution in [0.15, 0.2) is 0 Å². The van der Waals surface area contributed by atoms with Crippen LogP contribution >= 0.6 is 0 Å². The average molecular weight is 218 g/mol. The molecule has 0 fully saturated rings. The van der Waals surface area contributed by atoms with E-state index >= 15 is 0 Å². The Hall–Kier alpha value is -0.120. The zero-order valence-electron chi connectivity index (χ0n) is 10.5. The van der Waals surface area contributed by atoms with Crippen molar-refractivity contribution in [1.82, 2.24) is 0 Å². The third-order valence-corrected chi connectivity index (χ3v) is 2.83. The van der Waals surface area contributed by atoms with Gasteiger partial charge in [-0.3, -0.25) is 0 Å². The largest absolute Gasteiger partial charge is 0.390 e. The van der Waals surface area contributed by atoms with Crippen LogP contribution in [0.5, 0.6) is 0 Å². The number of aliphatic hydroxyl groups is 1. The molecule has 3 atom stereocenters. The number of hydrogen-bond acceptors (Lipinski definition) is 3. The lowest BCUT2D eigenvalue weighted by atomic mass is 9.95. The highest BCUT2D eigenvalue weighted by Gasteiger charge is 2.19. The van der Waals surface area contributed by atoms with Crippen molar-refractivity contribution >= 4 is 0 Å². The van der Waals surface area contributed by atoms with E-state index in [0.29, 0.717) is 5.92 Å². The lowest BCUT2D eigenvalue weighted by molar-refractivity contribution is -0.0258. The van der Waals surface area contributed by atoms with E-state index in [1.165, 1.54) is 0 Å². The van der Waals surface area contributed by atoms with Crippen LogP contribution in [0.1, 0.15) is 39.5 Å². The highest BCUT2D eigenvalue weighted by Crippen LogP contribution is 2.17. The van der Waals surface area contributed by atoms with Gasteiger partial charge in [-0.1, -0.05) is 13.8 Å². The second-order valence-electron chi connectivity index (χ2n) is 4.23. The topological polar surface area (TPSA) is 38.7 Å². The van der Waals surface area contributed by atoms with Gasteiger partial charge in [-0.05, 0) is 31.6 Å². The summed E-state index contributed by atoms with van der Waals surface area (Å²) >= 11 is 0. The van der Waals surface area contributed by atoms with Gasteiger partial charge in [0.05, 0.1) is 12.2 Å². The monoisotopic (exact) mass is 218 g/mol. The van der Waals surface area contributed by atoms with E-state index in [0.717, 1.165) is 32.3 Å². The van der Waals surface area contributed by atoms with Crippen LogP contribution in [-0.4, -0.2) is 38.1 Å².